The molecular weight excluding hydrogens is 314 g/mol. The number of nitrogens with zero attached hydrogens (tertiary/aromatic N) is 3. The van der Waals surface area contributed by atoms with E-state index >= 15 is 0 Å². The highest BCUT2D eigenvalue weighted by Gasteiger charge is 2.15. The van der Waals surface area contributed by atoms with Gasteiger partial charge in [-0.25, -0.2) is 9.97 Å². The number of hydrogen-bond donors (Lipinski definition) is 2. The Morgan fingerprint density at radius 2 is 1.88 bits per heavy atom. The van der Waals surface area contributed by atoms with Crippen LogP contribution in [0.4, 0.5) is 0 Å². The summed E-state index contributed by atoms with van der Waals surface area (Å²) < 4.78 is 0. The number of nitrogens with one attached hydrogen (secondary N) is 2. The highest BCUT2D eigenvalue weighted by Crippen LogP contribution is 2.22. The summed E-state index contributed by atoms with van der Waals surface area (Å²) in [5, 5.41) is 6.75. The first-order valence-corrected chi connectivity index (χ1v) is 8.03. The topological polar surface area (TPSA) is 87.3 Å². The maximum Gasteiger partial charge on any atom is 0.169 e. The largest absolute Gasteiger partial charge is 0.345 e. The van der Waals surface area contributed by atoms with Gasteiger partial charge in [-0.1, -0.05) is 11.6 Å². The smallest absolute Gasteiger partial charge is 0.169 e. The minimum absolute atomic E-state index is 0.0509. The SMILES string of the molecule is Cc1cc(CC(=O)c2cc(C)cc3[nH]cnc23)cc(-c2ncn[nH]2)c1. The van der Waals surface area contributed by atoms with Gasteiger partial charge in [0.1, 0.15) is 6.33 Å². The molecule has 2 heterocycles. The van der Waals surface area contributed by atoms with Gasteiger partial charge in [-0.3, -0.25) is 9.89 Å². The van der Waals surface area contributed by atoms with Gasteiger partial charge in [-0.15, -0.1) is 0 Å². The van der Waals surface area contributed by atoms with Gasteiger partial charge >= 0.3 is 0 Å². The number of rotatable bonds is 4. The summed E-state index contributed by atoms with van der Waals surface area (Å²) in [4.78, 5) is 24.5. The Balaban J connectivity index is 1.70. The number of Topliss-reactive ketones (excluding diaryl/α,β-unsaturated/α-hetero) is 1. The zero-order valence-electron chi connectivity index (χ0n) is 14.0. The Bertz CT molecular complexity index is 1060. The van der Waals surface area contributed by atoms with Crippen LogP contribution in [0.25, 0.3) is 22.4 Å². The molecular formula is C19H17N5O. The number of imidazole rings is 1. The van der Waals surface area contributed by atoms with Crippen LogP contribution in [-0.4, -0.2) is 30.9 Å². The molecule has 0 spiro atoms. The van der Waals surface area contributed by atoms with E-state index in [2.05, 4.69) is 25.1 Å². The van der Waals surface area contributed by atoms with E-state index in [-0.39, 0.29) is 5.78 Å². The number of H-pyrrole nitrogens is 2. The van der Waals surface area contributed by atoms with Crippen LogP contribution >= 0.6 is 0 Å². The molecule has 0 bridgehead atoms. The molecule has 2 N–H and O–H groups in total. The van der Waals surface area contributed by atoms with Crippen molar-refractivity contribution in [3.05, 3.63) is 65.2 Å². The average Bonchev–Trinajstić information content (AvgIpc) is 3.24. The Labute approximate surface area is 144 Å². The Morgan fingerprint density at radius 3 is 2.68 bits per heavy atom. The molecule has 0 radical (unpaired) electrons. The van der Waals surface area contributed by atoms with Crippen molar-refractivity contribution in [1.29, 1.82) is 0 Å². The molecule has 0 saturated heterocycles. The fraction of sp³-hybridized carbons (Fsp3) is 0.158. The van der Waals surface area contributed by atoms with Gasteiger partial charge in [0.05, 0.1) is 17.4 Å². The molecule has 6 heteroatoms. The van der Waals surface area contributed by atoms with E-state index < -0.39 is 0 Å². The summed E-state index contributed by atoms with van der Waals surface area (Å²) in [6.07, 6.45) is 3.41. The highest BCUT2D eigenvalue weighted by molar-refractivity contribution is 6.07. The first kappa shape index (κ1) is 15.3. The predicted molar refractivity (Wildman–Crippen MR) is 95.4 cm³/mol. The standard InChI is InChI=1S/C19H17N5O/c1-11-3-13(7-14(4-11)19-22-10-23-24-19)8-17(25)15-5-12(2)6-16-18(15)21-9-20-16/h3-7,9-10H,8H2,1-2H3,(H,20,21)(H,22,23,24). The quantitative estimate of drug-likeness (QED) is 0.561. The van der Waals surface area contributed by atoms with Crippen molar-refractivity contribution >= 4 is 16.8 Å². The third-order valence-corrected chi connectivity index (χ3v) is 4.16. The number of fused-ring (bicyclic) bond motifs is 1. The number of benzene rings is 2. The summed E-state index contributed by atoms with van der Waals surface area (Å²) in [6.45, 7) is 3.98. The minimum Gasteiger partial charge on any atom is -0.345 e. The molecule has 0 fully saturated rings. The first-order valence-electron chi connectivity index (χ1n) is 8.03. The van der Waals surface area contributed by atoms with E-state index in [1.807, 2.05) is 44.2 Å². The molecule has 0 amide bonds. The monoisotopic (exact) mass is 331 g/mol. The summed E-state index contributed by atoms with van der Waals surface area (Å²) in [5.41, 5.74) is 6.24. The molecule has 0 aliphatic heterocycles. The zero-order valence-corrected chi connectivity index (χ0v) is 14.0. The van der Waals surface area contributed by atoms with Crippen molar-refractivity contribution in [3.63, 3.8) is 0 Å². The van der Waals surface area contributed by atoms with E-state index in [4.69, 9.17) is 0 Å². The fourth-order valence-corrected chi connectivity index (χ4v) is 3.13. The number of hydrogen-bond acceptors (Lipinski definition) is 4. The molecule has 4 aromatic rings. The van der Waals surface area contributed by atoms with Gasteiger partial charge in [0, 0.05) is 17.5 Å². The zero-order chi connectivity index (χ0) is 17.4. The molecule has 2 aromatic carbocycles. The number of ketones is 1. The molecule has 0 aliphatic rings. The van der Waals surface area contributed by atoms with Gasteiger partial charge in [0.2, 0.25) is 0 Å². The molecule has 124 valence electrons. The number of carbonyl (C=O) groups excluding carboxylic acids is 1. The minimum atomic E-state index is 0.0509. The van der Waals surface area contributed by atoms with Gasteiger partial charge in [0.25, 0.3) is 0 Å². The van der Waals surface area contributed by atoms with Crippen LogP contribution in [-0.2, 0) is 6.42 Å². The molecule has 0 atom stereocenters. The fourth-order valence-electron chi connectivity index (χ4n) is 3.13. The van der Waals surface area contributed by atoms with Crippen LogP contribution in [0.2, 0.25) is 0 Å². The van der Waals surface area contributed by atoms with Crippen molar-refractivity contribution < 1.29 is 4.79 Å². The van der Waals surface area contributed by atoms with E-state index in [9.17, 15) is 4.79 Å². The van der Waals surface area contributed by atoms with Gasteiger partial charge < -0.3 is 4.98 Å². The van der Waals surface area contributed by atoms with Crippen LogP contribution in [0.15, 0.2) is 43.0 Å². The predicted octanol–water partition coefficient (Wildman–Crippen LogP) is 3.39. The van der Waals surface area contributed by atoms with Crippen LogP contribution in [0, 0.1) is 13.8 Å². The third kappa shape index (κ3) is 2.94. The van der Waals surface area contributed by atoms with E-state index in [1.54, 1.807) is 6.33 Å². The number of carbonyl (C=O) groups is 1. The molecule has 25 heavy (non-hydrogen) atoms. The lowest BCUT2D eigenvalue weighted by molar-refractivity contribution is 0.0994. The average molecular weight is 331 g/mol. The molecule has 0 aliphatic carbocycles. The molecule has 4 rings (SSSR count). The molecule has 0 unspecified atom stereocenters. The Morgan fingerprint density at radius 1 is 1.04 bits per heavy atom. The van der Waals surface area contributed by atoms with Gasteiger partial charge in [0.15, 0.2) is 11.6 Å². The summed E-state index contributed by atoms with van der Waals surface area (Å²) in [5.74, 6) is 0.748. The van der Waals surface area contributed by atoms with Crippen LogP contribution in [0.3, 0.4) is 0 Å². The first-order chi connectivity index (χ1) is 12.1. The summed E-state index contributed by atoms with van der Waals surface area (Å²) in [6, 6.07) is 9.91. The lowest BCUT2D eigenvalue weighted by atomic mass is 9.97. The van der Waals surface area contributed by atoms with Crippen molar-refractivity contribution in [2.24, 2.45) is 0 Å². The second kappa shape index (κ2) is 5.98. The van der Waals surface area contributed by atoms with E-state index in [0.29, 0.717) is 17.8 Å². The molecule has 0 saturated carbocycles. The molecule has 2 aromatic heterocycles. The van der Waals surface area contributed by atoms with Crippen LogP contribution in [0.1, 0.15) is 27.0 Å². The normalized spacial score (nSPS) is 11.1. The Hall–Kier alpha value is -3.28. The lowest BCUT2D eigenvalue weighted by Gasteiger charge is -2.07. The third-order valence-electron chi connectivity index (χ3n) is 4.16. The van der Waals surface area contributed by atoms with Crippen molar-refractivity contribution in [3.8, 4) is 11.4 Å². The van der Waals surface area contributed by atoms with Crippen LogP contribution < -0.4 is 0 Å². The van der Waals surface area contributed by atoms with Gasteiger partial charge in [-0.2, -0.15) is 5.10 Å². The maximum atomic E-state index is 12.9. The second-order valence-electron chi connectivity index (χ2n) is 6.25. The van der Waals surface area contributed by atoms with Gasteiger partial charge in [-0.05, 0) is 49.2 Å². The van der Waals surface area contributed by atoms with E-state index in [1.165, 1.54) is 6.33 Å². The second-order valence-corrected chi connectivity index (χ2v) is 6.25. The summed E-state index contributed by atoms with van der Waals surface area (Å²) >= 11 is 0. The van der Waals surface area contributed by atoms with Crippen molar-refractivity contribution in [2.75, 3.05) is 0 Å². The van der Waals surface area contributed by atoms with Crippen molar-refractivity contribution in [2.45, 2.75) is 20.3 Å². The van der Waals surface area contributed by atoms with Crippen LogP contribution in [0.5, 0.6) is 0 Å². The number of aromatic nitrogens is 5. The summed E-state index contributed by atoms with van der Waals surface area (Å²) in [7, 11) is 0. The number of aryl methyl sites for hydroxylation is 2. The Kier molecular flexibility index (Phi) is 3.65. The highest BCUT2D eigenvalue weighted by atomic mass is 16.1. The maximum absolute atomic E-state index is 12.9. The lowest BCUT2D eigenvalue weighted by Crippen LogP contribution is -2.05. The van der Waals surface area contributed by atoms with E-state index in [0.717, 1.165) is 33.3 Å². The number of aromatic amines is 2. The molecule has 6 nitrogen and oxygen atoms in total. The van der Waals surface area contributed by atoms with Crippen molar-refractivity contribution in [1.82, 2.24) is 25.1 Å².